The van der Waals surface area contributed by atoms with Gasteiger partial charge in [-0.3, -0.25) is 10.2 Å². The average molecular weight is 281 g/mol. The molecule has 4 N–H and O–H groups in total. The molecule has 19 heavy (non-hydrogen) atoms. The number of anilines is 1. The molecular formula is C13H19N3O2S. The standard InChI is InChI=1S/C13H19N3O2S/c1-8-5-4-6-11(10(8)3)16(13(14)19)15-12(18)7-9(2)17/h4-6,9,17H,7H2,1-3H3,(H2,14,19)(H,15,18). The Hall–Kier alpha value is -1.66. The SMILES string of the molecule is Cc1cccc(N(NC(=O)CC(C)O)C(N)=S)c1C. The zero-order chi connectivity index (χ0) is 14.6. The largest absolute Gasteiger partial charge is 0.393 e. The van der Waals surface area contributed by atoms with E-state index in [0.717, 1.165) is 16.8 Å². The molecule has 0 bridgehead atoms. The van der Waals surface area contributed by atoms with Crippen LogP contribution in [0.3, 0.4) is 0 Å². The van der Waals surface area contributed by atoms with Crippen molar-refractivity contribution >= 4 is 28.9 Å². The van der Waals surface area contributed by atoms with Crippen LogP contribution in [0.1, 0.15) is 24.5 Å². The van der Waals surface area contributed by atoms with Crippen LogP contribution in [0.2, 0.25) is 0 Å². The topological polar surface area (TPSA) is 78.6 Å². The molecule has 0 aliphatic rings. The zero-order valence-corrected chi connectivity index (χ0v) is 12.1. The second-order valence-electron chi connectivity index (χ2n) is 4.48. The maximum Gasteiger partial charge on any atom is 0.241 e. The molecule has 1 amide bonds. The summed E-state index contributed by atoms with van der Waals surface area (Å²) in [7, 11) is 0. The molecule has 0 fully saturated rings. The van der Waals surface area contributed by atoms with E-state index in [-0.39, 0.29) is 17.4 Å². The van der Waals surface area contributed by atoms with Crippen LogP contribution in [-0.2, 0) is 4.79 Å². The molecule has 5 nitrogen and oxygen atoms in total. The fourth-order valence-corrected chi connectivity index (χ4v) is 1.79. The first-order chi connectivity index (χ1) is 8.82. The fourth-order valence-electron chi connectivity index (χ4n) is 1.65. The van der Waals surface area contributed by atoms with Crippen LogP contribution in [0, 0.1) is 13.8 Å². The zero-order valence-electron chi connectivity index (χ0n) is 11.3. The lowest BCUT2D eigenvalue weighted by atomic mass is 10.1. The van der Waals surface area contributed by atoms with E-state index in [2.05, 4.69) is 5.43 Å². The number of hydrazine groups is 1. The number of benzene rings is 1. The maximum atomic E-state index is 11.7. The minimum Gasteiger partial charge on any atom is -0.393 e. The van der Waals surface area contributed by atoms with Crippen LogP contribution in [-0.4, -0.2) is 22.2 Å². The van der Waals surface area contributed by atoms with Crippen LogP contribution in [0.25, 0.3) is 0 Å². The number of hydrogen-bond donors (Lipinski definition) is 3. The van der Waals surface area contributed by atoms with E-state index in [1.807, 2.05) is 32.0 Å². The Bertz CT molecular complexity index is 489. The summed E-state index contributed by atoms with van der Waals surface area (Å²) in [4.78, 5) is 11.7. The quantitative estimate of drug-likeness (QED) is 0.572. The van der Waals surface area contributed by atoms with Gasteiger partial charge in [-0.25, -0.2) is 5.01 Å². The predicted molar refractivity (Wildman–Crippen MR) is 79.6 cm³/mol. The molecule has 6 heteroatoms. The molecule has 0 saturated heterocycles. The Morgan fingerprint density at radius 1 is 1.53 bits per heavy atom. The van der Waals surface area contributed by atoms with E-state index in [9.17, 15) is 9.90 Å². The molecule has 1 aromatic carbocycles. The molecule has 0 radical (unpaired) electrons. The van der Waals surface area contributed by atoms with Gasteiger partial charge in [0.2, 0.25) is 5.91 Å². The number of rotatable bonds is 3. The van der Waals surface area contributed by atoms with Crippen molar-refractivity contribution in [2.75, 3.05) is 5.01 Å². The minimum atomic E-state index is -0.716. The smallest absolute Gasteiger partial charge is 0.241 e. The fraction of sp³-hybridized carbons (Fsp3) is 0.385. The lowest BCUT2D eigenvalue weighted by Gasteiger charge is -2.26. The highest BCUT2D eigenvalue weighted by atomic mass is 32.1. The molecule has 0 heterocycles. The van der Waals surface area contributed by atoms with Gasteiger partial charge >= 0.3 is 0 Å². The number of carbonyl (C=O) groups excluding carboxylic acids is 1. The van der Waals surface area contributed by atoms with Crippen molar-refractivity contribution in [2.45, 2.75) is 33.3 Å². The van der Waals surface area contributed by atoms with Gasteiger partial charge in [0.25, 0.3) is 0 Å². The summed E-state index contributed by atoms with van der Waals surface area (Å²) in [6.45, 7) is 5.44. The molecule has 1 atom stereocenters. The number of nitrogens with zero attached hydrogens (tertiary/aromatic N) is 1. The van der Waals surface area contributed by atoms with Gasteiger partial charge in [-0.2, -0.15) is 0 Å². The lowest BCUT2D eigenvalue weighted by molar-refractivity contribution is -0.122. The van der Waals surface area contributed by atoms with Crippen molar-refractivity contribution in [2.24, 2.45) is 5.73 Å². The first-order valence-electron chi connectivity index (χ1n) is 5.96. The predicted octanol–water partition coefficient (Wildman–Crippen LogP) is 1.16. The third-order valence-corrected chi connectivity index (χ3v) is 2.94. The normalized spacial score (nSPS) is 11.8. The number of aryl methyl sites for hydroxylation is 1. The van der Waals surface area contributed by atoms with E-state index in [0.29, 0.717) is 0 Å². The summed E-state index contributed by atoms with van der Waals surface area (Å²) >= 11 is 4.96. The minimum absolute atomic E-state index is 0.00994. The number of amides is 1. The Balaban J connectivity index is 2.98. The molecular weight excluding hydrogens is 262 g/mol. The van der Waals surface area contributed by atoms with Crippen LogP contribution in [0.5, 0.6) is 0 Å². The van der Waals surface area contributed by atoms with Gasteiger partial charge in [-0.15, -0.1) is 0 Å². The molecule has 0 aromatic heterocycles. The van der Waals surface area contributed by atoms with E-state index < -0.39 is 6.10 Å². The maximum absolute atomic E-state index is 11.7. The first-order valence-corrected chi connectivity index (χ1v) is 6.37. The highest BCUT2D eigenvalue weighted by Gasteiger charge is 2.16. The van der Waals surface area contributed by atoms with Crippen molar-refractivity contribution in [3.05, 3.63) is 29.3 Å². The number of carbonyl (C=O) groups is 1. The van der Waals surface area contributed by atoms with Gasteiger partial charge in [0.15, 0.2) is 5.11 Å². The van der Waals surface area contributed by atoms with E-state index in [4.69, 9.17) is 18.0 Å². The van der Waals surface area contributed by atoms with Gasteiger partial charge in [-0.1, -0.05) is 12.1 Å². The van der Waals surface area contributed by atoms with E-state index >= 15 is 0 Å². The number of nitrogens with one attached hydrogen (secondary N) is 1. The number of thiocarbonyl (C=S) groups is 1. The van der Waals surface area contributed by atoms with Crippen LogP contribution in [0.4, 0.5) is 5.69 Å². The summed E-state index contributed by atoms with van der Waals surface area (Å²) in [5, 5.41) is 10.6. The molecule has 0 spiro atoms. The van der Waals surface area contributed by atoms with Gasteiger partial charge in [-0.05, 0) is 50.2 Å². The Morgan fingerprint density at radius 2 is 2.16 bits per heavy atom. The van der Waals surface area contributed by atoms with Crippen molar-refractivity contribution in [1.82, 2.24) is 5.43 Å². The van der Waals surface area contributed by atoms with Crippen LogP contribution in [0.15, 0.2) is 18.2 Å². The second kappa shape index (κ2) is 6.49. The van der Waals surface area contributed by atoms with E-state index in [1.165, 1.54) is 5.01 Å². The van der Waals surface area contributed by atoms with Gasteiger partial charge in [0.1, 0.15) is 0 Å². The molecule has 104 valence electrons. The molecule has 1 rings (SSSR count). The monoisotopic (exact) mass is 281 g/mol. The highest BCUT2D eigenvalue weighted by molar-refractivity contribution is 7.80. The molecule has 1 unspecified atom stereocenters. The average Bonchev–Trinajstić information content (AvgIpc) is 2.29. The third-order valence-electron chi connectivity index (χ3n) is 2.75. The van der Waals surface area contributed by atoms with Crippen LogP contribution >= 0.6 is 12.2 Å². The summed E-state index contributed by atoms with van der Waals surface area (Å²) in [5.41, 5.74) is 11.0. The molecule has 0 aliphatic heterocycles. The summed E-state index contributed by atoms with van der Waals surface area (Å²) < 4.78 is 0. The van der Waals surface area contributed by atoms with Crippen molar-refractivity contribution < 1.29 is 9.90 Å². The van der Waals surface area contributed by atoms with Gasteiger partial charge < -0.3 is 10.8 Å². The van der Waals surface area contributed by atoms with Crippen molar-refractivity contribution in [1.29, 1.82) is 0 Å². The molecule has 1 aromatic rings. The highest BCUT2D eigenvalue weighted by Crippen LogP contribution is 2.21. The van der Waals surface area contributed by atoms with Crippen LogP contribution < -0.4 is 16.2 Å². The summed E-state index contributed by atoms with van der Waals surface area (Å²) in [6, 6.07) is 5.65. The lowest BCUT2D eigenvalue weighted by Crippen LogP contribution is -2.50. The first kappa shape index (κ1) is 15.4. The second-order valence-corrected chi connectivity index (χ2v) is 4.90. The summed E-state index contributed by atoms with van der Waals surface area (Å²) in [6.07, 6.45) is -0.726. The Kier molecular flexibility index (Phi) is 5.26. The third kappa shape index (κ3) is 4.18. The van der Waals surface area contributed by atoms with Gasteiger partial charge in [0.05, 0.1) is 18.2 Å². The summed E-state index contributed by atoms with van der Waals surface area (Å²) in [5.74, 6) is -0.344. The molecule has 0 saturated carbocycles. The Morgan fingerprint density at radius 3 is 2.68 bits per heavy atom. The van der Waals surface area contributed by atoms with E-state index in [1.54, 1.807) is 6.92 Å². The van der Waals surface area contributed by atoms with Gasteiger partial charge in [0, 0.05) is 0 Å². The Labute approximate surface area is 118 Å². The molecule has 0 aliphatic carbocycles. The van der Waals surface area contributed by atoms with Crippen molar-refractivity contribution in [3.63, 3.8) is 0 Å². The number of aliphatic hydroxyl groups excluding tert-OH is 1. The number of aliphatic hydroxyl groups is 1. The number of hydrogen-bond acceptors (Lipinski definition) is 3. The number of nitrogens with two attached hydrogens (primary N) is 1. The van der Waals surface area contributed by atoms with Crippen molar-refractivity contribution in [3.8, 4) is 0 Å².